The van der Waals surface area contributed by atoms with E-state index < -0.39 is 6.23 Å². The molecule has 25 heavy (non-hydrogen) atoms. The van der Waals surface area contributed by atoms with Crippen LogP contribution in [0.3, 0.4) is 0 Å². The lowest BCUT2D eigenvalue weighted by Crippen LogP contribution is -2.27. The summed E-state index contributed by atoms with van der Waals surface area (Å²) in [6.07, 6.45) is 0.750. The first-order chi connectivity index (χ1) is 12.0. The van der Waals surface area contributed by atoms with Crippen molar-refractivity contribution < 1.29 is 5.11 Å². The summed E-state index contributed by atoms with van der Waals surface area (Å²) in [5.41, 5.74) is 8.23. The fourth-order valence-electron chi connectivity index (χ4n) is 2.57. The van der Waals surface area contributed by atoms with Gasteiger partial charge in [-0.1, -0.05) is 37.3 Å². The van der Waals surface area contributed by atoms with E-state index in [2.05, 4.69) is 34.1 Å². The summed E-state index contributed by atoms with van der Waals surface area (Å²) >= 11 is 0. The Kier molecular flexibility index (Phi) is 4.96. The lowest BCUT2D eigenvalue weighted by Gasteiger charge is -2.16. The topological polar surface area (TPSA) is 102 Å². The Balaban J connectivity index is 2.02. The molecule has 4 N–H and O–H groups in total. The van der Waals surface area contributed by atoms with Crippen molar-refractivity contribution in [3.63, 3.8) is 0 Å². The minimum atomic E-state index is -1.02. The highest BCUT2D eigenvalue weighted by Gasteiger charge is 2.20. The monoisotopic (exact) mass is 340 g/mol. The number of anilines is 1. The van der Waals surface area contributed by atoms with Crippen LogP contribution in [-0.2, 0) is 6.54 Å². The molecule has 0 bridgehead atoms. The van der Waals surface area contributed by atoms with Gasteiger partial charge in [0.15, 0.2) is 11.5 Å². The van der Waals surface area contributed by atoms with Crippen molar-refractivity contribution in [2.45, 2.75) is 45.5 Å². The summed E-state index contributed by atoms with van der Waals surface area (Å²) in [5.74, 6) is 0.772. The van der Waals surface area contributed by atoms with Crippen molar-refractivity contribution in [2.24, 2.45) is 5.73 Å². The number of hydrogen-bond donors (Lipinski definition) is 3. The minimum absolute atomic E-state index is 0.216. The Bertz CT molecular complexity index is 843. The average Bonchev–Trinajstić information content (AvgIpc) is 3.04. The van der Waals surface area contributed by atoms with Crippen LogP contribution in [0.5, 0.6) is 0 Å². The lowest BCUT2D eigenvalue weighted by molar-refractivity contribution is 0.153. The summed E-state index contributed by atoms with van der Waals surface area (Å²) in [4.78, 5) is 13.7. The molecule has 0 saturated heterocycles. The van der Waals surface area contributed by atoms with Crippen molar-refractivity contribution >= 4 is 17.0 Å². The molecule has 2 aromatic heterocycles. The van der Waals surface area contributed by atoms with Gasteiger partial charge in [-0.25, -0.2) is 15.0 Å². The maximum absolute atomic E-state index is 9.73. The van der Waals surface area contributed by atoms with Crippen molar-refractivity contribution in [3.05, 3.63) is 48.0 Å². The first-order valence-corrected chi connectivity index (χ1v) is 8.43. The number of nitrogens with zero attached hydrogens (tertiary/aromatic N) is 4. The number of aromatic nitrogens is 4. The van der Waals surface area contributed by atoms with E-state index in [4.69, 9.17) is 5.73 Å². The highest BCUT2D eigenvalue weighted by Crippen LogP contribution is 2.25. The second kappa shape index (κ2) is 7.16. The largest absolute Gasteiger partial charge is 0.378 e. The van der Waals surface area contributed by atoms with Crippen LogP contribution in [0.15, 0.2) is 36.7 Å². The van der Waals surface area contributed by atoms with E-state index in [0.717, 1.165) is 11.2 Å². The molecule has 0 radical (unpaired) electrons. The van der Waals surface area contributed by atoms with Crippen LogP contribution in [-0.4, -0.2) is 30.9 Å². The molecule has 132 valence electrons. The van der Waals surface area contributed by atoms with Crippen LogP contribution < -0.4 is 11.1 Å². The van der Waals surface area contributed by atoms with E-state index in [0.29, 0.717) is 23.7 Å². The standard InChI is InChI=1S/C18H24N6O/c1-11(2)24-10-21-14-17(20-9-13-7-5-4-6-8-13)22-16(23-18(14)24)12(3)15(19)25/h4-8,10-12,15,25H,9,19H2,1-3H3,(H,20,22,23). The van der Waals surface area contributed by atoms with Crippen molar-refractivity contribution in [3.8, 4) is 0 Å². The van der Waals surface area contributed by atoms with Gasteiger partial charge >= 0.3 is 0 Å². The van der Waals surface area contributed by atoms with Gasteiger partial charge in [-0.3, -0.25) is 0 Å². The van der Waals surface area contributed by atoms with Crippen LogP contribution in [0.25, 0.3) is 11.2 Å². The predicted molar refractivity (Wildman–Crippen MR) is 98.1 cm³/mol. The molecule has 2 atom stereocenters. The molecule has 2 heterocycles. The Hall–Kier alpha value is -2.51. The Labute approximate surface area is 146 Å². The Morgan fingerprint density at radius 2 is 1.88 bits per heavy atom. The first kappa shape index (κ1) is 17.3. The number of aliphatic hydroxyl groups excluding tert-OH is 1. The zero-order chi connectivity index (χ0) is 18.0. The number of aliphatic hydroxyl groups is 1. The third-order valence-corrected chi connectivity index (χ3v) is 4.22. The van der Waals surface area contributed by atoms with E-state index in [-0.39, 0.29) is 12.0 Å². The van der Waals surface area contributed by atoms with Crippen molar-refractivity contribution in [1.82, 2.24) is 19.5 Å². The van der Waals surface area contributed by atoms with Gasteiger partial charge in [0.2, 0.25) is 0 Å². The molecule has 0 fully saturated rings. The van der Waals surface area contributed by atoms with E-state index in [1.54, 1.807) is 6.33 Å². The molecular weight excluding hydrogens is 316 g/mol. The quantitative estimate of drug-likeness (QED) is 0.596. The number of nitrogens with two attached hydrogens (primary N) is 1. The lowest BCUT2D eigenvalue weighted by atomic mass is 10.1. The number of imidazole rings is 1. The average molecular weight is 340 g/mol. The van der Waals surface area contributed by atoms with Gasteiger partial charge in [-0.05, 0) is 19.4 Å². The summed E-state index contributed by atoms with van der Waals surface area (Å²) in [6.45, 7) is 6.58. The molecule has 7 nitrogen and oxygen atoms in total. The van der Waals surface area contributed by atoms with Gasteiger partial charge in [0.05, 0.1) is 12.2 Å². The van der Waals surface area contributed by atoms with Gasteiger partial charge in [-0.2, -0.15) is 0 Å². The van der Waals surface area contributed by atoms with Gasteiger partial charge in [0, 0.05) is 12.6 Å². The molecular formula is C18H24N6O. The molecule has 0 spiro atoms. The van der Waals surface area contributed by atoms with Gasteiger partial charge in [0.1, 0.15) is 17.6 Å². The molecule has 7 heteroatoms. The van der Waals surface area contributed by atoms with Crippen LogP contribution in [0.4, 0.5) is 5.82 Å². The Morgan fingerprint density at radius 1 is 1.16 bits per heavy atom. The van der Waals surface area contributed by atoms with Gasteiger partial charge < -0.3 is 20.7 Å². The van der Waals surface area contributed by atoms with Crippen molar-refractivity contribution in [2.75, 3.05) is 5.32 Å². The smallest absolute Gasteiger partial charge is 0.166 e. The summed E-state index contributed by atoms with van der Waals surface area (Å²) in [6, 6.07) is 10.3. The maximum atomic E-state index is 9.73. The third kappa shape index (κ3) is 3.62. The third-order valence-electron chi connectivity index (χ3n) is 4.22. The number of hydrogen-bond acceptors (Lipinski definition) is 6. The number of fused-ring (bicyclic) bond motifs is 1. The summed E-state index contributed by atoms with van der Waals surface area (Å²) < 4.78 is 1.99. The predicted octanol–water partition coefficient (Wildman–Crippen LogP) is 2.40. The Morgan fingerprint density at radius 3 is 2.52 bits per heavy atom. The molecule has 2 unspecified atom stereocenters. The summed E-state index contributed by atoms with van der Waals surface area (Å²) in [5, 5.41) is 13.1. The number of benzene rings is 1. The zero-order valence-corrected chi connectivity index (χ0v) is 14.7. The van der Waals surface area contributed by atoms with E-state index in [9.17, 15) is 5.11 Å². The summed E-state index contributed by atoms with van der Waals surface area (Å²) in [7, 11) is 0. The minimum Gasteiger partial charge on any atom is -0.378 e. The van der Waals surface area contributed by atoms with Gasteiger partial charge in [0.25, 0.3) is 0 Å². The first-order valence-electron chi connectivity index (χ1n) is 8.43. The molecule has 0 aliphatic rings. The molecule has 3 aromatic rings. The highest BCUT2D eigenvalue weighted by atomic mass is 16.3. The maximum Gasteiger partial charge on any atom is 0.166 e. The number of nitrogens with one attached hydrogen (secondary N) is 1. The highest BCUT2D eigenvalue weighted by molar-refractivity contribution is 5.83. The molecule has 0 aliphatic carbocycles. The second-order valence-electron chi connectivity index (χ2n) is 6.47. The van der Waals surface area contributed by atoms with Crippen LogP contribution in [0, 0.1) is 0 Å². The fourth-order valence-corrected chi connectivity index (χ4v) is 2.57. The normalized spacial score (nSPS) is 14.0. The zero-order valence-electron chi connectivity index (χ0n) is 14.7. The second-order valence-corrected chi connectivity index (χ2v) is 6.47. The van der Waals surface area contributed by atoms with E-state index in [1.165, 1.54) is 0 Å². The van der Waals surface area contributed by atoms with E-state index in [1.807, 2.05) is 41.8 Å². The molecule has 0 aliphatic heterocycles. The van der Waals surface area contributed by atoms with E-state index >= 15 is 0 Å². The molecule has 1 aromatic carbocycles. The molecule has 3 rings (SSSR count). The van der Waals surface area contributed by atoms with Crippen LogP contribution in [0.2, 0.25) is 0 Å². The molecule has 0 amide bonds. The van der Waals surface area contributed by atoms with Gasteiger partial charge in [-0.15, -0.1) is 0 Å². The molecule has 0 saturated carbocycles. The van der Waals surface area contributed by atoms with Crippen molar-refractivity contribution in [1.29, 1.82) is 0 Å². The van der Waals surface area contributed by atoms with Crippen LogP contribution in [0.1, 0.15) is 44.1 Å². The SMILES string of the molecule is CC(c1nc(NCc2ccccc2)c2ncn(C(C)C)c2n1)C(N)O. The fraction of sp³-hybridized carbons (Fsp3) is 0.389. The van der Waals surface area contributed by atoms with Crippen LogP contribution >= 0.6 is 0 Å². The number of rotatable bonds is 6.